The fourth-order valence-electron chi connectivity index (χ4n) is 2.83. The van der Waals surface area contributed by atoms with Crippen molar-refractivity contribution in [3.05, 3.63) is 29.8 Å². The number of benzene rings is 1. The minimum Gasteiger partial charge on any atom is -0.496 e. The van der Waals surface area contributed by atoms with Crippen LogP contribution in [-0.4, -0.2) is 37.0 Å². The van der Waals surface area contributed by atoms with E-state index in [0.717, 1.165) is 24.4 Å². The van der Waals surface area contributed by atoms with Crippen molar-refractivity contribution in [3.63, 3.8) is 0 Å². The second kappa shape index (κ2) is 8.03. The number of nitrogens with one attached hydrogen (secondary N) is 1. The number of likely N-dealkylation sites (tertiary alicyclic amines) is 1. The molecule has 0 aromatic heterocycles. The summed E-state index contributed by atoms with van der Waals surface area (Å²) in [5, 5.41) is 3.03. The Kier molecular flexibility index (Phi) is 6.05. The Hall–Kier alpha value is -1.55. The lowest BCUT2D eigenvalue weighted by Crippen LogP contribution is -2.45. The number of hydrogen-bond donors (Lipinski definition) is 1. The van der Waals surface area contributed by atoms with Gasteiger partial charge in [0, 0.05) is 12.1 Å². The number of nitrogens with zero attached hydrogens (tertiary/aromatic N) is 1. The molecular formula is C17H26N2O2. The molecule has 0 radical (unpaired) electrons. The highest BCUT2D eigenvalue weighted by molar-refractivity contribution is 5.81. The molecule has 1 saturated heterocycles. The maximum Gasteiger partial charge on any atom is 0.237 e. The zero-order valence-corrected chi connectivity index (χ0v) is 13.1. The van der Waals surface area contributed by atoms with Crippen molar-refractivity contribution < 1.29 is 9.53 Å². The summed E-state index contributed by atoms with van der Waals surface area (Å²) in [5.41, 5.74) is 1.01. The highest BCUT2D eigenvalue weighted by Gasteiger charge is 2.21. The lowest BCUT2D eigenvalue weighted by Gasteiger charge is -2.26. The first kappa shape index (κ1) is 15.8. The molecule has 0 spiro atoms. The average molecular weight is 290 g/mol. The van der Waals surface area contributed by atoms with Gasteiger partial charge in [0.2, 0.25) is 5.91 Å². The molecule has 4 nitrogen and oxygen atoms in total. The van der Waals surface area contributed by atoms with Crippen LogP contribution in [0.2, 0.25) is 0 Å². The van der Waals surface area contributed by atoms with Crippen molar-refractivity contribution in [1.82, 2.24) is 10.2 Å². The lowest BCUT2D eigenvalue weighted by atomic mass is 10.2. The molecule has 1 aliphatic rings. The van der Waals surface area contributed by atoms with Gasteiger partial charge in [0.25, 0.3) is 0 Å². The molecule has 21 heavy (non-hydrogen) atoms. The molecule has 1 aromatic carbocycles. The molecule has 1 fully saturated rings. The molecule has 1 heterocycles. The predicted molar refractivity (Wildman–Crippen MR) is 84.3 cm³/mol. The van der Waals surface area contributed by atoms with E-state index < -0.39 is 0 Å². The highest BCUT2D eigenvalue weighted by atomic mass is 16.5. The zero-order chi connectivity index (χ0) is 15.1. The first-order valence-electron chi connectivity index (χ1n) is 7.86. The van der Waals surface area contributed by atoms with Crippen LogP contribution < -0.4 is 10.1 Å². The van der Waals surface area contributed by atoms with Gasteiger partial charge in [-0.15, -0.1) is 0 Å². The molecule has 0 aliphatic carbocycles. The quantitative estimate of drug-likeness (QED) is 0.906. The summed E-state index contributed by atoms with van der Waals surface area (Å²) in [6, 6.07) is 7.74. The Bertz CT molecular complexity index is 454. The maximum atomic E-state index is 12.3. The topological polar surface area (TPSA) is 41.6 Å². The van der Waals surface area contributed by atoms with Gasteiger partial charge >= 0.3 is 0 Å². The van der Waals surface area contributed by atoms with Crippen LogP contribution in [0.3, 0.4) is 0 Å². The first-order chi connectivity index (χ1) is 10.2. The standard InChI is InChI=1S/C17H26N2O2/c1-14(19-11-7-3-4-8-12-19)17(20)18-13-15-9-5-6-10-16(15)21-2/h5-6,9-10,14H,3-4,7-8,11-13H2,1-2H3,(H,18,20). The number of amides is 1. The molecule has 1 aliphatic heterocycles. The number of rotatable bonds is 5. The van der Waals surface area contributed by atoms with Crippen molar-refractivity contribution in [2.24, 2.45) is 0 Å². The second-order valence-corrected chi connectivity index (χ2v) is 5.66. The Morgan fingerprint density at radius 2 is 1.90 bits per heavy atom. The molecule has 0 bridgehead atoms. The molecule has 1 amide bonds. The largest absolute Gasteiger partial charge is 0.496 e. The summed E-state index contributed by atoms with van der Waals surface area (Å²) in [6.07, 6.45) is 4.96. The van der Waals surface area contributed by atoms with Crippen molar-refractivity contribution >= 4 is 5.91 Å². The smallest absolute Gasteiger partial charge is 0.237 e. The zero-order valence-electron chi connectivity index (χ0n) is 13.1. The fraction of sp³-hybridized carbons (Fsp3) is 0.588. The molecule has 4 heteroatoms. The van der Waals surface area contributed by atoms with Gasteiger partial charge in [0.15, 0.2) is 0 Å². The predicted octanol–water partition coefficient (Wildman–Crippen LogP) is 2.58. The summed E-state index contributed by atoms with van der Waals surface area (Å²) < 4.78 is 5.31. The van der Waals surface area contributed by atoms with Crippen LogP contribution in [0, 0.1) is 0 Å². The second-order valence-electron chi connectivity index (χ2n) is 5.66. The fourth-order valence-corrected chi connectivity index (χ4v) is 2.83. The van der Waals surface area contributed by atoms with Crippen LogP contribution in [0.1, 0.15) is 38.2 Å². The molecule has 2 rings (SSSR count). The summed E-state index contributed by atoms with van der Waals surface area (Å²) in [4.78, 5) is 14.6. The van der Waals surface area contributed by atoms with Gasteiger partial charge in [0.1, 0.15) is 5.75 Å². The van der Waals surface area contributed by atoms with Crippen LogP contribution in [0.15, 0.2) is 24.3 Å². The lowest BCUT2D eigenvalue weighted by molar-refractivity contribution is -0.126. The van der Waals surface area contributed by atoms with Gasteiger partial charge in [-0.3, -0.25) is 9.69 Å². The van der Waals surface area contributed by atoms with E-state index in [0.29, 0.717) is 6.54 Å². The summed E-state index contributed by atoms with van der Waals surface area (Å²) in [7, 11) is 1.65. The molecular weight excluding hydrogens is 264 g/mol. The minimum atomic E-state index is -0.0576. The number of methoxy groups -OCH3 is 1. The van der Waals surface area contributed by atoms with E-state index >= 15 is 0 Å². The highest BCUT2D eigenvalue weighted by Crippen LogP contribution is 2.17. The molecule has 116 valence electrons. The van der Waals surface area contributed by atoms with E-state index in [1.54, 1.807) is 7.11 Å². The minimum absolute atomic E-state index is 0.0576. The van der Waals surface area contributed by atoms with Gasteiger partial charge in [-0.2, -0.15) is 0 Å². The third-order valence-electron chi connectivity index (χ3n) is 4.21. The monoisotopic (exact) mass is 290 g/mol. The van der Waals surface area contributed by atoms with Crippen LogP contribution in [-0.2, 0) is 11.3 Å². The summed E-state index contributed by atoms with van der Waals surface area (Å²) in [6.45, 7) is 4.58. The molecule has 0 saturated carbocycles. The van der Waals surface area contributed by atoms with Crippen LogP contribution >= 0.6 is 0 Å². The molecule has 1 unspecified atom stereocenters. The van der Waals surface area contributed by atoms with E-state index in [9.17, 15) is 4.79 Å². The van der Waals surface area contributed by atoms with E-state index in [-0.39, 0.29) is 11.9 Å². The number of carbonyl (C=O) groups is 1. The normalized spacial score (nSPS) is 17.8. The SMILES string of the molecule is COc1ccccc1CNC(=O)C(C)N1CCCCCC1. The van der Waals surface area contributed by atoms with Crippen LogP contribution in [0.4, 0.5) is 0 Å². The van der Waals surface area contributed by atoms with Crippen molar-refractivity contribution in [2.75, 3.05) is 20.2 Å². The van der Waals surface area contributed by atoms with E-state index in [1.807, 2.05) is 31.2 Å². The third kappa shape index (κ3) is 4.46. The van der Waals surface area contributed by atoms with Crippen molar-refractivity contribution in [3.8, 4) is 5.75 Å². The van der Waals surface area contributed by atoms with Crippen molar-refractivity contribution in [1.29, 1.82) is 0 Å². The van der Waals surface area contributed by atoms with Gasteiger partial charge < -0.3 is 10.1 Å². The van der Waals surface area contributed by atoms with Crippen LogP contribution in [0.25, 0.3) is 0 Å². The van der Waals surface area contributed by atoms with Gasteiger partial charge in [-0.05, 0) is 38.9 Å². The number of ether oxygens (including phenoxy) is 1. The van der Waals surface area contributed by atoms with E-state index in [1.165, 1.54) is 25.7 Å². The van der Waals surface area contributed by atoms with Gasteiger partial charge in [-0.25, -0.2) is 0 Å². The molecule has 1 atom stereocenters. The van der Waals surface area contributed by atoms with Crippen molar-refractivity contribution in [2.45, 2.75) is 45.2 Å². The van der Waals surface area contributed by atoms with Gasteiger partial charge in [0.05, 0.1) is 13.2 Å². The molecule has 1 N–H and O–H groups in total. The summed E-state index contributed by atoms with van der Waals surface area (Å²) >= 11 is 0. The number of hydrogen-bond acceptors (Lipinski definition) is 3. The maximum absolute atomic E-state index is 12.3. The third-order valence-corrected chi connectivity index (χ3v) is 4.21. The number of para-hydroxylation sites is 1. The van der Waals surface area contributed by atoms with E-state index in [2.05, 4.69) is 10.2 Å². The Morgan fingerprint density at radius 3 is 2.57 bits per heavy atom. The average Bonchev–Trinajstić information content (AvgIpc) is 2.81. The van der Waals surface area contributed by atoms with E-state index in [4.69, 9.17) is 4.74 Å². The Balaban J connectivity index is 1.88. The van der Waals surface area contributed by atoms with Gasteiger partial charge in [-0.1, -0.05) is 31.0 Å². The first-order valence-corrected chi connectivity index (χ1v) is 7.86. The Labute approximate surface area is 127 Å². The Morgan fingerprint density at radius 1 is 1.24 bits per heavy atom. The van der Waals surface area contributed by atoms with Crippen LogP contribution in [0.5, 0.6) is 5.75 Å². The molecule has 1 aromatic rings. The number of carbonyl (C=O) groups excluding carboxylic acids is 1. The summed E-state index contributed by atoms with van der Waals surface area (Å²) in [5.74, 6) is 0.919.